The molecule has 0 N–H and O–H groups in total. The fourth-order valence-corrected chi connectivity index (χ4v) is 18.6. The number of halogens is 6. The quantitative estimate of drug-likeness (QED) is 0.0961. The first-order valence-electron chi connectivity index (χ1n) is 22.2. The van der Waals surface area contributed by atoms with Gasteiger partial charge in [0, 0.05) is 22.3 Å². The van der Waals surface area contributed by atoms with Gasteiger partial charge >= 0.3 is 22.9 Å². The second kappa shape index (κ2) is 14.7. The monoisotopic (exact) mass is 1010 g/mol. The first kappa shape index (κ1) is 43.8. The topological polar surface area (TPSA) is 104 Å². The molecular weight excluding hydrogens is 982 g/mol. The van der Waals surface area contributed by atoms with Crippen LogP contribution in [-0.2, 0) is 30.7 Å². The van der Waals surface area contributed by atoms with E-state index in [9.17, 15) is 16.8 Å². The summed E-state index contributed by atoms with van der Waals surface area (Å²) in [7, 11) is -22.3. The van der Waals surface area contributed by atoms with Crippen LogP contribution in [0.5, 0.6) is 11.5 Å². The highest BCUT2D eigenvalue weighted by molar-refractivity contribution is 8.17. The van der Waals surface area contributed by atoms with Gasteiger partial charge in [0.15, 0.2) is 0 Å². The first-order valence-corrected chi connectivity index (χ1v) is 26.9. The summed E-state index contributed by atoms with van der Waals surface area (Å²) in [4.78, 5) is 0. The molecule has 352 valence electrons. The van der Waals surface area contributed by atoms with Crippen molar-refractivity contribution >= 4 is 104 Å². The molecule has 1 aliphatic heterocycles. The van der Waals surface area contributed by atoms with Crippen LogP contribution in [0.3, 0.4) is 0 Å². The highest BCUT2D eigenvalue weighted by Gasteiger charge is 2.72. The molecule has 1 atom stereocenters. The molecule has 10 aromatic rings. The lowest BCUT2D eigenvalue weighted by atomic mass is 9.79. The highest BCUT2D eigenvalue weighted by Crippen LogP contribution is 2.68. The van der Waals surface area contributed by atoms with Crippen LogP contribution in [0, 0.1) is 0 Å². The van der Waals surface area contributed by atoms with E-state index < -0.39 is 54.1 Å². The Kier molecular flexibility index (Phi) is 9.06. The normalized spacial score (nSPS) is 16.9. The number of allylic oxidation sites excluding steroid dienone is 3. The predicted molar refractivity (Wildman–Crippen MR) is 267 cm³/mol. The van der Waals surface area contributed by atoms with Crippen LogP contribution in [-0.4, -0.2) is 32.2 Å². The predicted octanol–water partition coefficient (Wildman–Crippen LogP) is 15.5. The molecule has 0 amide bonds. The van der Waals surface area contributed by atoms with E-state index in [1.165, 1.54) is 0 Å². The number of alkyl halides is 6. The van der Waals surface area contributed by atoms with Crippen molar-refractivity contribution in [2.24, 2.45) is 0 Å². The lowest BCUT2D eigenvalue weighted by molar-refractivity contribution is -0.0465. The molecule has 71 heavy (non-hydrogen) atoms. The molecule has 1 heterocycles. The third kappa shape index (κ3) is 6.12. The van der Waals surface area contributed by atoms with Gasteiger partial charge in [0.2, 0.25) is 0 Å². The lowest BCUT2D eigenvalue weighted by Gasteiger charge is -2.28. The molecule has 7 nitrogen and oxygen atoms in total. The van der Waals surface area contributed by atoms with Gasteiger partial charge in [-0.1, -0.05) is 146 Å². The molecule has 16 heteroatoms. The van der Waals surface area contributed by atoms with Gasteiger partial charge in [-0.25, -0.2) is 21.4 Å². The highest BCUT2D eigenvalue weighted by atomic mass is 32.3. The molecule has 0 radical (unpaired) electrons. The Hall–Kier alpha value is -7.19. The number of benzene rings is 10. The molecule has 1 unspecified atom stereocenters. The average Bonchev–Trinajstić information content (AvgIpc) is 3.48. The maximum atomic E-state index is 16.2. The van der Waals surface area contributed by atoms with E-state index in [1.807, 2.05) is 66.7 Å². The van der Waals surface area contributed by atoms with Crippen LogP contribution >= 0.6 is 7.60 Å². The summed E-state index contributed by atoms with van der Waals surface area (Å²) in [6.07, 6.45) is 7.30. The van der Waals surface area contributed by atoms with Crippen molar-refractivity contribution in [2.45, 2.75) is 28.2 Å². The zero-order valence-electron chi connectivity index (χ0n) is 36.4. The van der Waals surface area contributed by atoms with Gasteiger partial charge in [0.25, 0.3) is 19.7 Å². The summed E-state index contributed by atoms with van der Waals surface area (Å²) in [5.41, 5.74) is -9.19. The molecule has 13 rings (SSSR count). The summed E-state index contributed by atoms with van der Waals surface area (Å²) >= 11 is 0. The molecule has 2 aliphatic carbocycles. The second-order valence-electron chi connectivity index (χ2n) is 17.9. The first-order chi connectivity index (χ1) is 33.9. The van der Waals surface area contributed by atoms with E-state index >= 15 is 30.9 Å². The van der Waals surface area contributed by atoms with E-state index in [4.69, 9.17) is 9.05 Å². The number of fused-ring (bicyclic) bond motifs is 7. The fraction of sp³-hybridized carbons (Fsp3) is 0.0909. The van der Waals surface area contributed by atoms with Crippen molar-refractivity contribution in [1.29, 1.82) is 0 Å². The molecule has 0 aromatic heterocycles. The summed E-state index contributed by atoms with van der Waals surface area (Å²) in [5.74, 6) is -1.31. The Labute approximate surface area is 399 Å². The SMILES string of the molecule is O=P1(C(S(=O)(=O)C(F)(F)F)S(=O)(=O)C(F)(F)F)Oc2c(-c3ccc4c5c6c(ccc35)C=CCC6=CC4)cc3ccccc3c2-c2c(c(-c3ccc4ccc5cccc6ccc3c4c56)cc3ccccc23)O1. The van der Waals surface area contributed by atoms with Gasteiger partial charge in [-0.2, -0.15) is 26.3 Å². The Morgan fingerprint density at radius 1 is 0.479 bits per heavy atom. The molecule has 0 saturated heterocycles. The van der Waals surface area contributed by atoms with Crippen LogP contribution < -0.4 is 9.05 Å². The molecule has 0 saturated carbocycles. The van der Waals surface area contributed by atoms with Crippen molar-refractivity contribution in [3.8, 4) is 44.9 Å². The van der Waals surface area contributed by atoms with Crippen LogP contribution in [0.4, 0.5) is 26.3 Å². The summed E-state index contributed by atoms with van der Waals surface area (Å²) in [6, 6.07) is 40.3. The van der Waals surface area contributed by atoms with Crippen molar-refractivity contribution in [3.05, 3.63) is 168 Å². The average molecular weight is 1010 g/mol. The van der Waals surface area contributed by atoms with Gasteiger partial charge in [-0.05, 0) is 123 Å². The van der Waals surface area contributed by atoms with Crippen LogP contribution in [0.15, 0.2) is 152 Å². The Balaban J connectivity index is 1.23. The minimum absolute atomic E-state index is 0.0332. The Bertz CT molecular complexity index is 4350. The maximum Gasteiger partial charge on any atom is 0.499 e. The molecule has 0 spiro atoms. The lowest BCUT2D eigenvalue weighted by Crippen LogP contribution is -2.46. The smallest absolute Gasteiger partial charge is 0.413 e. The number of sulfone groups is 2. The standard InChI is InChI=1S/C55H31F6O7PS2/c56-54(57,58)70(63,64)53(71(65,66)55(59,60)61)69(62)67-51-43(39-23-19-33-17-15-29-9-5-11-31-21-25-41(39)47(33)45(29)31)27-35-7-1-3-13-37(35)49(51)50-38-14-4-2-8-36(38)28-44(52(50)68-69)40-24-20-34-18-16-30-10-6-12-32-22-26-42(40)48(34)46(30)32/h1-9,11-17,19-28,53H,10,18H2. The van der Waals surface area contributed by atoms with Gasteiger partial charge in [-0.15, -0.1) is 0 Å². The zero-order valence-corrected chi connectivity index (χ0v) is 38.9. The summed E-state index contributed by atoms with van der Waals surface area (Å²) < 4.78 is 169. The molecular formula is C55H31F6O7PS2. The second-order valence-corrected chi connectivity index (χ2v) is 25.0. The number of hydrogen-bond donors (Lipinski definition) is 0. The third-order valence-electron chi connectivity index (χ3n) is 14.1. The molecule has 0 bridgehead atoms. The van der Waals surface area contributed by atoms with Crippen LogP contribution in [0.25, 0.3) is 110 Å². The van der Waals surface area contributed by atoms with E-state index in [-0.39, 0.29) is 33.0 Å². The third-order valence-corrected chi connectivity index (χ3v) is 22.5. The van der Waals surface area contributed by atoms with E-state index in [0.717, 1.165) is 54.6 Å². The van der Waals surface area contributed by atoms with Gasteiger partial charge in [0.1, 0.15) is 11.5 Å². The summed E-state index contributed by atoms with van der Waals surface area (Å²) in [5, 5.41) is 7.55. The van der Waals surface area contributed by atoms with Crippen molar-refractivity contribution in [2.75, 3.05) is 0 Å². The maximum absolute atomic E-state index is 16.2. The van der Waals surface area contributed by atoms with Gasteiger partial charge < -0.3 is 9.05 Å². The van der Waals surface area contributed by atoms with E-state index in [1.54, 1.807) is 84.9 Å². The largest absolute Gasteiger partial charge is 0.499 e. The Morgan fingerprint density at radius 3 is 1.56 bits per heavy atom. The summed E-state index contributed by atoms with van der Waals surface area (Å²) in [6.45, 7) is 0. The Morgan fingerprint density at radius 2 is 0.972 bits per heavy atom. The van der Waals surface area contributed by atoms with Crippen LogP contribution in [0.2, 0.25) is 0 Å². The van der Waals surface area contributed by atoms with Gasteiger partial charge in [-0.3, -0.25) is 0 Å². The van der Waals surface area contributed by atoms with Crippen molar-refractivity contribution < 1.29 is 56.8 Å². The molecule has 10 aromatic carbocycles. The number of rotatable bonds is 5. The van der Waals surface area contributed by atoms with Crippen molar-refractivity contribution in [1.82, 2.24) is 0 Å². The molecule has 0 fully saturated rings. The molecule has 3 aliphatic rings. The fourth-order valence-electron chi connectivity index (χ4n) is 11.1. The van der Waals surface area contributed by atoms with Crippen LogP contribution in [0.1, 0.15) is 23.1 Å². The minimum atomic E-state index is -7.65. The zero-order chi connectivity index (χ0) is 49.1. The number of hydrogen-bond acceptors (Lipinski definition) is 7. The van der Waals surface area contributed by atoms with Gasteiger partial charge in [0.05, 0.1) is 0 Å². The van der Waals surface area contributed by atoms with Crippen molar-refractivity contribution in [3.63, 3.8) is 0 Å². The van der Waals surface area contributed by atoms with E-state index in [2.05, 4.69) is 6.08 Å². The van der Waals surface area contributed by atoms with E-state index in [0.29, 0.717) is 45.5 Å². The minimum Gasteiger partial charge on any atom is -0.413 e.